The summed E-state index contributed by atoms with van der Waals surface area (Å²) in [6, 6.07) is 0. The molecule has 6 atom stereocenters. The highest BCUT2D eigenvalue weighted by Gasteiger charge is 2.47. The third-order valence-corrected chi connectivity index (χ3v) is 7.40. The minimum atomic E-state index is -5.79. The number of rotatable bonds is 8. The van der Waals surface area contributed by atoms with Crippen molar-refractivity contribution in [1.29, 1.82) is 0 Å². The second-order valence-corrected chi connectivity index (χ2v) is 10.4. The molecule has 15 nitrogen and oxygen atoms in total. The van der Waals surface area contributed by atoms with Crippen molar-refractivity contribution in [2.24, 2.45) is 0 Å². The third-order valence-electron chi connectivity index (χ3n) is 3.30. The number of alkyl halides is 1. The first-order valence-electron chi connectivity index (χ1n) is 7.28. The van der Waals surface area contributed by atoms with Crippen LogP contribution in [0.2, 0.25) is 0 Å². The molecule has 0 aromatic carbocycles. The molecule has 0 saturated carbocycles. The Kier molecular flexibility index (Phi) is 7.69. The zero-order valence-corrected chi connectivity index (χ0v) is 17.5. The van der Waals surface area contributed by atoms with Crippen LogP contribution in [0.5, 0.6) is 0 Å². The summed E-state index contributed by atoms with van der Waals surface area (Å²) in [5, 5.41) is 9.88. The Morgan fingerprint density at radius 2 is 1.80 bits per heavy atom. The molecule has 2 rings (SSSR count). The van der Waals surface area contributed by atoms with Gasteiger partial charge in [0.15, 0.2) is 18.2 Å². The molecule has 1 aromatic heterocycles. The van der Waals surface area contributed by atoms with Crippen molar-refractivity contribution in [3.8, 4) is 0 Å². The van der Waals surface area contributed by atoms with Gasteiger partial charge in [-0.25, -0.2) is 27.3 Å². The smallest absolute Gasteiger partial charge is 0.385 e. The second-order valence-electron chi connectivity index (χ2n) is 5.53. The van der Waals surface area contributed by atoms with E-state index >= 15 is 0 Å². The Hall–Kier alpha value is -0.710. The van der Waals surface area contributed by atoms with Crippen LogP contribution < -0.4 is 5.69 Å². The molecule has 1 aliphatic heterocycles. The largest absolute Gasteiger partial charge is 0.490 e. The molecule has 1 saturated heterocycles. The van der Waals surface area contributed by atoms with Crippen LogP contribution in [0.25, 0.3) is 0 Å². The lowest BCUT2D eigenvalue weighted by Crippen LogP contribution is -2.34. The molecule has 0 radical (unpaired) electrons. The Balaban J connectivity index is 2.09. The monoisotopic (exact) mass is 520 g/mol. The zero-order chi connectivity index (χ0) is 23.1. The van der Waals surface area contributed by atoms with E-state index in [1.165, 1.54) is 0 Å². The predicted octanol–water partition coefficient (Wildman–Crippen LogP) is -0.0153. The van der Waals surface area contributed by atoms with Crippen molar-refractivity contribution in [3.63, 3.8) is 0 Å². The van der Waals surface area contributed by atoms with Gasteiger partial charge in [-0.15, -0.1) is 0 Å². The quantitative estimate of drug-likeness (QED) is 0.196. The number of aromatic nitrogens is 2. The molecule has 172 valence electrons. The maximum Gasteiger partial charge on any atom is 0.490 e. The summed E-state index contributed by atoms with van der Waals surface area (Å²) in [5.74, 6) is -1.10. The minimum absolute atomic E-state index is 0.424. The summed E-state index contributed by atoms with van der Waals surface area (Å²) in [7, 11) is -17.0. The maximum absolute atomic E-state index is 14.2. The predicted molar refractivity (Wildman–Crippen MR) is 90.5 cm³/mol. The number of phosphoric ester groups is 1. The van der Waals surface area contributed by atoms with Gasteiger partial charge in [-0.2, -0.15) is 8.62 Å². The number of phosphoric acid groups is 3. The number of H-pyrrole nitrogens is 1. The van der Waals surface area contributed by atoms with Gasteiger partial charge in [0.05, 0.1) is 12.8 Å². The van der Waals surface area contributed by atoms with Crippen LogP contribution >= 0.6 is 35.7 Å². The summed E-state index contributed by atoms with van der Waals surface area (Å²) in [6.45, 7) is -1.22. The van der Waals surface area contributed by atoms with Gasteiger partial charge in [-0.1, -0.05) is 12.2 Å². The van der Waals surface area contributed by atoms with Crippen molar-refractivity contribution in [2.45, 2.75) is 24.6 Å². The molecule has 21 heteroatoms. The second kappa shape index (κ2) is 9.03. The van der Waals surface area contributed by atoms with Gasteiger partial charge in [-0.3, -0.25) is 14.1 Å². The Morgan fingerprint density at radius 3 is 2.37 bits per heavy atom. The molecule has 1 aliphatic rings. The van der Waals surface area contributed by atoms with Crippen LogP contribution in [0.15, 0.2) is 11.0 Å². The standard InChI is InChI=1S/C9H13F2N2O13P3S/c10-3-1-13(9(15)12-7(3)30)8-6(14)5(11)4(24-8)2-23-28(19,20)26-29(21,22)25-27(16,17)18/h1,4-6,8,14H,2H2,(H,19,20)(H,21,22)(H,12,15,30)(H2,16,17,18)/t4-,5+,6?,8-/m1/s1. The first-order valence-corrected chi connectivity index (χ1v) is 12.2. The third kappa shape index (κ3) is 6.64. The van der Waals surface area contributed by atoms with Gasteiger partial charge >= 0.3 is 29.2 Å². The SMILES string of the molecule is O=c1[nH]c(=S)c(F)cn1[C@@H]1O[C@H](COP(=O)(O)OP(=O)(O)OP(=O)(O)O)[C@H](F)C1O. The highest BCUT2D eigenvalue weighted by molar-refractivity contribution is 7.71. The fourth-order valence-electron chi connectivity index (χ4n) is 2.19. The van der Waals surface area contributed by atoms with Crippen LogP contribution in [0, 0.1) is 10.5 Å². The summed E-state index contributed by atoms with van der Waals surface area (Å²) in [4.78, 5) is 48.9. The van der Waals surface area contributed by atoms with E-state index in [1.807, 2.05) is 4.98 Å². The van der Waals surface area contributed by atoms with Crippen molar-refractivity contribution >= 4 is 35.7 Å². The van der Waals surface area contributed by atoms with Crippen LogP contribution in [0.3, 0.4) is 0 Å². The number of aliphatic hydroxyl groups excluding tert-OH is 1. The first kappa shape index (κ1) is 25.5. The molecule has 1 fully saturated rings. The number of hydrogen-bond acceptors (Lipinski definition) is 10. The van der Waals surface area contributed by atoms with Crippen LogP contribution in [0.1, 0.15) is 6.23 Å². The Morgan fingerprint density at radius 1 is 1.20 bits per heavy atom. The summed E-state index contributed by atoms with van der Waals surface area (Å²) in [5.41, 5.74) is -1.08. The van der Waals surface area contributed by atoms with Crippen molar-refractivity contribution < 1.29 is 65.0 Å². The van der Waals surface area contributed by atoms with Crippen molar-refractivity contribution in [3.05, 3.63) is 27.1 Å². The van der Waals surface area contributed by atoms with Gasteiger partial charge in [0.2, 0.25) is 0 Å². The molecule has 6 N–H and O–H groups in total. The normalized spacial score (nSPS) is 28.8. The average molecular weight is 520 g/mol. The number of nitrogens with zero attached hydrogens (tertiary/aromatic N) is 1. The average Bonchev–Trinajstić information content (AvgIpc) is 2.81. The maximum atomic E-state index is 14.2. The lowest BCUT2D eigenvalue weighted by molar-refractivity contribution is -0.0535. The lowest BCUT2D eigenvalue weighted by atomic mass is 10.1. The molecule has 0 aliphatic carbocycles. The molecular weight excluding hydrogens is 507 g/mol. The molecule has 3 unspecified atom stereocenters. The summed E-state index contributed by atoms with van der Waals surface area (Å²) < 4.78 is 77.1. The first-order chi connectivity index (χ1) is 13.5. The zero-order valence-electron chi connectivity index (χ0n) is 14.0. The van der Waals surface area contributed by atoms with Crippen LogP contribution in [-0.2, 0) is 31.6 Å². The Bertz CT molecular complexity index is 1060. The van der Waals surface area contributed by atoms with Gasteiger partial charge in [0, 0.05) is 0 Å². The summed E-state index contributed by atoms with van der Waals surface area (Å²) >= 11 is 4.49. The van der Waals surface area contributed by atoms with E-state index in [0.717, 1.165) is 0 Å². The highest BCUT2D eigenvalue weighted by Crippen LogP contribution is 2.66. The fourth-order valence-corrected chi connectivity index (χ4v) is 5.36. The van der Waals surface area contributed by atoms with Gasteiger partial charge in [0.1, 0.15) is 16.8 Å². The fraction of sp³-hybridized carbons (Fsp3) is 0.556. The van der Waals surface area contributed by atoms with Gasteiger partial charge in [0.25, 0.3) is 0 Å². The summed E-state index contributed by atoms with van der Waals surface area (Å²) in [6.07, 6.45) is -7.61. The van der Waals surface area contributed by atoms with E-state index in [9.17, 15) is 37.3 Å². The molecule has 1 aromatic rings. The molecule has 0 spiro atoms. The number of hydrogen-bond donors (Lipinski definition) is 6. The van der Waals surface area contributed by atoms with E-state index in [4.69, 9.17) is 19.4 Å². The van der Waals surface area contributed by atoms with E-state index in [0.29, 0.717) is 10.8 Å². The van der Waals surface area contributed by atoms with Gasteiger partial charge in [-0.05, 0) is 0 Å². The van der Waals surface area contributed by atoms with Crippen LogP contribution in [-0.4, -0.2) is 59.2 Å². The lowest BCUT2D eigenvalue weighted by Gasteiger charge is -2.19. The topological polar surface area (TPSA) is 227 Å². The highest BCUT2D eigenvalue weighted by atomic mass is 32.1. The van der Waals surface area contributed by atoms with E-state index in [-0.39, 0.29) is 0 Å². The Labute approximate surface area is 169 Å². The molecule has 0 bridgehead atoms. The van der Waals surface area contributed by atoms with Gasteiger partial charge < -0.3 is 29.4 Å². The number of ether oxygens (including phenoxy) is 1. The molecule has 30 heavy (non-hydrogen) atoms. The number of aliphatic hydroxyl groups is 1. The van der Waals surface area contributed by atoms with Crippen molar-refractivity contribution in [1.82, 2.24) is 9.55 Å². The molecule has 0 amide bonds. The number of aromatic amines is 1. The minimum Gasteiger partial charge on any atom is -0.385 e. The van der Waals surface area contributed by atoms with E-state index in [2.05, 4.69) is 25.4 Å². The molecule has 2 heterocycles. The van der Waals surface area contributed by atoms with E-state index < -0.39 is 70.8 Å². The van der Waals surface area contributed by atoms with E-state index in [1.54, 1.807) is 0 Å². The number of halogens is 2. The number of nitrogens with one attached hydrogen (secondary N) is 1. The van der Waals surface area contributed by atoms with Crippen molar-refractivity contribution in [2.75, 3.05) is 6.61 Å². The molecular formula is C9H13F2N2O13P3S. The van der Waals surface area contributed by atoms with Crippen LogP contribution in [0.4, 0.5) is 8.78 Å².